The van der Waals surface area contributed by atoms with E-state index >= 15 is 0 Å². The molecular formula is C84H168O10. The second-order valence-electron chi connectivity index (χ2n) is 37.8. The Morgan fingerprint density at radius 2 is 0.649 bits per heavy atom. The standard InChI is InChI=1S/4C9H18O.6C8H16O/c1-6-4-9(10)5-7(2)8(6)3;2*1-6-4-7(2)9(10)8(3)5-6;1-6-4-5-9(10)8(3)7(6)2;1-6-3-7(2)5-8(9)4-6;1-8(2)5-3-7(9)4-6-8;1-6-3-4-8(9)5-7(6)2;1-8(2)5-3-4-7(9)6-8;1-8(2)6-4-3-5-7(8)9;1-6-4-3-5-7(2)8(6)9/h4*6-10H,4-5H2,1-3H3;6-9H,3-5H2,1-2H3;7,9H,3-6H2,1-2H3;6-9H,3-5H2,1-2H3;2*7,9H,3-6H2,1-2H3;6-9H,3-5H2,1-2H3. The van der Waals surface area contributed by atoms with Crippen molar-refractivity contribution in [3.05, 3.63) is 0 Å². The van der Waals surface area contributed by atoms with Gasteiger partial charge in [0.15, 0.2) is 0 Å². The van der Waals surface area contributed by atoms with Crippen molar-refractivity contribution in [1.29, 1.82) is 0 Å². The van der Waals surface area contributed by atoms with Gasteiger partial charge >= 0.3 is 0 Å². The van der Waals surface area contributed by atoms with E-state index in [1.165, 1.54) is 109 Å². The lowest BCUT2D eigenvalue weighted by molar-refractivity contribution is 0.0135. The van der Waals surface area contributed by atoms with E-state index in [0.29, 0.717) is 70.0 Å². The van der Waals surface area contributed by atoms with E-state index in [4.69, 9.17) is 5.11 Å². The van der Waals surface area contributed by atoms with E-state index in [9.17, 15) is 46.0 Å². The Kier molecular flexibility index (Phi) is 44.4. The largest absolute Gasteiger partial charge is 0.393 e. The molecule has 19 unspecified atom stereocenters. The SMILES string of the molecule is CC1(C)CCC(O)CC1.CC1(C)CCCC(O)C1.CC1(C)CCCCC1O.CC1CC(C)C(O)C(C)C1.CC1CC(C)C(O)C(C)C1.CC1CC(C)CC(O)C1.CC1CC(O)CC(C)C1C.CC1CCC(O)C(C)C1C.CC1CCC(O)CC1C.CC1CCCC(C)C1O. The predicted molar refractivity (Wildman–Crippen MR) is 400 cm³/mol. The molecule has 19 atom stereocenters. The van der Waals surface area contributed by atoms with Gasteiger partial charge in [-0.2, -0.15) is 0 Å². The smallest absolute Gasteiger partial charge is 0.0591 e. The number of hydrogen-bond donors (Lipinski definition) is 10. The topological polar surface area (TPSA) is 202 Å². The molecule has 0 bridgehead atoms. The second kappa shape index (κ2) is 45.6. The first-order valence-electron chi connectivity index (χ1n) is 40.2. The van der Waals surface area contributed by atoms with Crippen LogP contribution in [-0.2, 0) is 0 Å². The van der Waals surface area contributed by atoms with Crippen LogP contribution in [0.15, 0.2) is 0 Å². The van der Waals surface area contributed by atoms with Gasteiger partial charge in [0.05, 0.1) is 61.0 Å². The van der Waals surface area contributed by atoms with E-state index in [1.807, 2.05) is 0 Å². The first kappa shape index (κ1) is 91.6. The summed E-state index contributed by atoms with van der Waals surface area (Å²) in [6, 6.07) is 0. The average molecular weight is 1340 g/mol. The van der Waals surface area contributed by atoms with Crippen LogP contribution in [0.3, 0.4) is 0 Å². The molecule has 10 aliphatic carbocycles. The van der Waals surface area contributed by atoms with Crippen LogP contribution in [0.4, 0.5) is 0 Å². The van der Waals surface area contributed by atoms with Crippen LogP contribution in [0.25, 0.3) is 0 Å². The maximum atomic E-state index is 9.56. The fourth-order valence-electron chi connectivity index (χ4n) is 17.8. The third kappa shape index (κ3) is 37.5. The molecule has 0 aromatic heterocycles. The minimum Gasteiger partial charge on any atom is -0.393 e. The highest BCUT2D eigenvalue weighted by Crippen LogP contribution is 2.40. The fourth-order valence-corrected chi connectivity index (χ4v) is 17.8. The lowest BCUT2D eigenvalue weighted by atomic mass is 9.73. The summed E-state index contributed by atoms with van der Waals surface area (Å²) in [6.45, 7) is 53.2. The predicted octanol–water partition coefficient (Wildman–Crippen LogP) is 19.5. The molecule has 0 amide bonds. The van der Waals surface area contributed by atoms with Gasteiger partial charge in [-0.3, -0.25) is 0 Å². The van der Waals surface area contributed by atoms with Crippen molar-refractivity contribution < 1.29 is 51.1 Å². The van der Waals surface area contributed by atoms with E-state index in [0.717, 1.165) is 124 Å². The molecule has 10 fully saturated rings. The van der Waals surface area contributed by atoms with Gasteiger partial charge in [-0.1, -0.05) is 192 Å². The lowest BCUT2D eigenvalue weighted by Gasteiger charge is -2.35. The molecule has 0 aromatic carbocycles. The van der Waals surface area contributed by atoms with Gasteiger partial charge in [-0.15, -0.1) is 0 Å². The first-order valence-corrected chi connectivity index (χ1v) is 40.2. The quantitative estimate of drug-likeness (QED) is 0.111. The molecule has 10 nitrogen and oxygen atoms in total. The normalized spacial score (nSPS) is 43.1. The molecule has 10 rings (SSSR count). The van der Waals surface area contributed by atoms with Gasteiger partial charge < -0.3 is 51.1 Å². The maximum absolute atomic E-state index is 9.56. The average Bonchev–Trinajstić information content (AvgIpc) is 1.33. The molecule has 10 N–H and O–H groups in total. The molecule has 10 saturated carbocycles. The molecule has 94 heavy (non-hydrogen) atoms. The third-order valence-corrected chi connectivity index (χ3v) is 25.9. The van der Waals surface area contributed by atoms with Gasteiger partial charge in [-0.25, -0.2) is 0 Å². The summed E-state index contributed by atoms with van der Waals surface area (Å²) in [5, 5.41) is 93.7. The highest BCUT2D eigenvalue weighted by atomic mass is 16.3. The Morgan fingerprint density at radius 3 is 0.989 bits per heavy atom. The van der Waals surface area contributed by atoms with E-state index in [-0.39, 0.29) is 66.5 Å². The summed E-state index contributed by atoms with van der Waals surface area (Å²) in [5.41, 5.74) is 1.09. The van der Waals surface area contributed by atoms with Crippen molar-refractivity contribution in [2.24, 2.45) is 123 Å². The van der Waals surface area contributed by atoms with Crippen LogP contribution in [0.1, 0.15) is 352 Å². The van der Waals surface area contributed by atoms with Crippen molar-refractivity contribution in [3.8, 4) is 0 Å². The van der Waals surface area contributed by atoms with Crippen molar-refractivity contribution >= 4 is 0 Å². The molecule has 0 saturated heterocycles. The molecule has 0 aromatic rings. The summed E-state index contributed by atoms with van der Waals surface area (Å²) in [4.78, 5) is 0. The van der Waals surface area contributed by atoms with Crippen LogP contribution in [-0.4, -0.2) is 112 Å². The summed E-state index contributed by atoms with van der Waals surface area (Å²) >= 11 is 0. The zero-order valence-electron chi connectivity index (χ0n) is 66.6. The van der Waals surface area contributed by atoms with Gasteiger partial charge in [0.1, 0.15) is 0 Å². The van der Waals surface area contributed by atoms with Crippen LogP contribution < -0.4 is 0 Å². The number of aliphatic hydroxyl groups is 10. The Balaban J connectivity index is 0.000000522. The Labute approximate surface area is 584 Å². The van der Waals surface area contributed by atoms with Crippen molar-refractivity contribution in [3.63, 3.8) is 0 Å². The summed E-state index contributed by atoms with van der Waals surface area (Å²) < 4.78 is 0. The van der Waals surface area contributed by atoms with Crippen LogP contribution >= 0.6 is 0 Å². The van der Waals surface area contributed by atoms with Crippen molar-refractivity contribution in [1.82, 2.24) is 0 Å². The molecule has 10 heteroatoms. The van der Waals surface area contributed by atoms with Crippen LogP contribution in [0.5, 0.6) is 0 Å². The van der Waals surface area contributed by atoms with Crippen molar-refractivity contribution in [2.45, 2.75) is 413 Å². The number of aliphatic hydroxyl groups excluding tert-OH is 10. The molecule has 0 spiro atoms. The van der Waals surface area contributed by atoms with Crippen LogP contribution in [0.2, 0.25) is 0 Å². The number of rotatable bonds is 0. The minimum atomic E-state index is -0.0498. The third-order valence-electron chi connectivity index (χ3n) is 25.9. The summed E-state index contributed by atoms with van der Waals surface area (Å²) in [6.07, 6.45) is 32.7. The zero-order valence-corrected chi connectivity index (χ0v) is 66.6. The Bertz CT molecular complexity index is 1720. The lowest BCUT2D eigenvalue weighted by Crippen LogP contribution is -2.33. The highest BCUT2D eigenvalue weighted by Gasteiger charge is 2.35. The Hall–Kier alpha value is -0.400. The molecular weight excluding hydrogens is 1170 g/mol. The zero-order chi connectivity index (χ0) is 72.2. The minimum absolute atomic E-state index is 0.00183. The number of hydrogen-bond acceptors (Lipinski definition) is 10. The molecule has 0 radical (unpaired) electrons. The van der Waals surface area contributed by atoms with Crippen molar-refractivity contribution in [2.75, 3.05) is 0 Å². The van der Waals surface area contributed by atoms with Gasteiger partial charge in [0.2, 0.25) is 0 Å². The van der Waals surface area contributed by atoms with Gasteiger partial charge in [-0.05, 0) is 283 Å². The summed E-state index contributed by atoms with van der Waals surface area (Å²) in [7, 11) is 0. The Morgan fingerprint density at radius 1 is 0.234 bits per heavy atom. The molecule has 0 heterocycles. The van der Waals surface area contributed by atoms with Gasteiger partial charge in [0, 0.05) is 0 Å². The molecule has 0 aliphatic heterocycles. The highest BCUT2D eigenvalue weighted by molar-refractivity contribution is 4.86. The summed E-state index contributed by atoms with van der Waals surface area (Å²) in [5.74, 6) is 12.0. The maximum Gasteiger partial charge on any atom is 0.0591 e. The molecule has 564 valence electrons. The molecule has 10 aliphatic rings. The second-order valence-corrected chi connectivity index (χ2v) is 37.8. The van der Waals surface area contributed by atoms with Gasteiger partial charge in [0.25, 0.3) is 0 Å². The van der Waals surface area contributed by atoms with Crippen LogP contribution in [0, 0.1) is 123 Å². The first-order chi connectivity index (χ1) is 43.4. The van der Waals surface area contributed by atoms with E-state index in [1.54, 1.807) is 0 Å². The van der Waals surface area contributed by atoms with E-state index < -0.39 is 0 Å². The van der Waals surface area contributed by atoms with E-state index in [2.05, 4.69) is 166 Å². The monoisotopic (exact) mass is 1340 g/mol. The fraction of sp³-hybridized carbons (Fsp3) is 1.00.